The van der Waals surface area contributed by atoms with Crippen molar-refractivity contribution in [1.82, 2.24) is 5.32 Å². The molecule has 1 aromatic carbocycles. The van der Waals surface area contributed by atoms with Crippen LogP contribution >= 0.6 is 0 Å². The van der Waals surface area contributed by atoms with Crippen molar-refractivity contribution < 1.29 is 9.21 Å². The fourth-order valence-electron chi connectivity index (χ4n) is 5.72. The number of hydrogen-bond acceptors (Lipinski definition) is 3. The summed E-state index contributed by atoms with van der Waals surface area (Å²) in [5, 5.41) is 4.43. The highest BCUT2D eigenvalue weighted by Crippen LogP contribution is 2.58. The van der Waals surface area contributed by atoms with Crippen LogP contribution in [0.5, 0.6) is 0 Å². The van der Waals surface area contributed by atoms with Gasteiger partial charge in [0.1, 0.15) is 0 Å². The maximum absolute atomic E-state index is 12.6. The van der Waals surface area contributed by atoms with E-state index in [-0.39, 0.29) is 17.7 Å². The highest BCUT2D eigenvalue weighted by Gasteiger charge is 2.54. The van der Waals surface area contributed by atoms with Crippen LogP contribution in [0, 0.1) is 23.7 Å². The van der Waals surface area contributed by atoms with Gasteiger partial charge in [-0.05, 0) is 66.9 Å². The van der Waals surface area contributed by atoms with Crippen LogP contribution in [0.3, 0.4) is 0 Å². The normalized spacial score (nSPS) is 33.8. The minimum atomic E-state index is -0.443. The van der Waals surface area contributed by atoms with Gasteiger partial charge in [0.15, 0.2) is 5.76 Å². The minimum absolute atomic E-state index is 0.129. The summed E-state index contributed by atoms with van der Waals surface area (Å²) in [5.74, 6) is 3.00. The lowest BCUT2D eigenvalue weighted by Gasteiger charge is -2.31. The second-order valence-corrected chi connectivity index (χ2v) is 7.72. The Balaban J connectivity index is 1.39. The van der Waals surface area contributed by atoms with Crippen molar-refractivity contribution in [3.8, 4) is 0 Å². The number of amides is 1. The Morgan fingerprint density at radius 2 is 1.92 bits per heavy atom. The largest absolute Gasteiger partial charge is 0.417 e. The molecule has 1 N–H and O–H groups in total. The van der Waals surface area contributed by atoms with E-state index < -0.39 is 5.63 Å². The maximum atomic E-state index is 12.6. The number of hydrogen-bond donors (Lipinski definition) is 1. The van der Waals surface area contributed by atoms with Crippen LogP contribution in [0.1, 0.15) is 42.7 Å². The number of carbonyl (C=O) groups is 1. The fraction of sp³-hybridized carbons (Fsp3) is 0.500. The van der Waals surface area contributed by atoms with E-state index in [2.05, 4.69) is 5.32 Å². The molecule has 1 heterocycles. The molecule has 124 valence electrons. The lowest BCUT2D eigenvalue weighted by atomic mass is 9.79. The molecule has 5 atom stereocenters. The van der Waals surface area contributed by atoms with Gasteiger partial charge in [-0.25, -0.2) is 4.79 Å². The summed E-state index contributed by atoms with van der Waals surface area (Å²) in [6, 6.07) is 9.14. The van der Waals surface area contributed by atoms with E-state index in [1.54, 1.807) is 18.2 Å². The van der Waals surface area contributed by atoms with Crippen molar-refractivity contribution in [1.29, 1.82) is 0 Å². The Hall–Kier alpha value is -2.10. The zero-order chi connectivity index (χ0) is 16.3. The highest BCUT2D eigenvalue weighted by atomic mass is 16.4. The SMILES string of the molecule is O=C(N[C@@H]1C[C@H]2C[C@H]1[C@@H]1CCC[C@H]21)c1cc2ccccc2c(=O)o1. The molecule has 1 amide bonds. The minimum Gasteiger partial charge on any atom is -0.417 e. The van der Waals surface area contributed by atoms with Crippen molar-refractivity contribution in [2.45, 2.75) is 38.1 Å². The van der Waals surface area contributed by atoms with Gasteiger partial charge < -0.3 is 9.73 Å². The van der Waals surface area contributed by atoms with Crippen molar-refractivity contribution in [2.75, 3.05) is 0 Å². The second-order valence-electron chi connectivity index (χ2n) is 7.72. The molecule has 0 radical (unpaired) electrons. The quantitative estimate of drug-likeness (QED) is 0.922. The molecule has 2 bridgehead atoms. The van der Waals surface area contributed by atoms with E-state index in [0.29, 0.717) is 11.3 Å². The third kappa shape index (κ3) is 2.05. The molecule has 0 saturated heterocycles. The zero-order valence-electron chi connectivity index (χ0n) is 13.5. The maximum Gasteiger partial charge on any atom is 0.344 e. The van der Waals surface area contributed by atoms with E-state index in [0.717, 1.165) is 29.6 Å². The predicted molar refractivity (Wildman–Crippen MR) is 90.8 cm³/mol. The molecule has 0 aliphatic heterocycles. The van der Waals surface area contributed by atoms with Gasteiger partial charge in [-0.2, -0.15) is 0 Å². The zero-order valence-corrected chi connectivity index (χ0v) is 13.5. The van der Waals surface area contributed by atoms with Gasteiger partial charge in [0.2, 0.25) is 0 Å². The molecule has 4 nitrogen and oxygen atoms in total. The van der Waals surface area contributed by atoms with Gasteiger partial charge in [-0.15, -0.1) is 0 Å². The van der Waals surface area contributed by atoms with Crippen molar-refractivity contribution in [3.63, 3.8) is 0 Å². The third-order valence-corrected chi connectivity index (χ3v) is 6.64. The Bertz CT molecular complexity index is 871. The van der Waals surface area contributed by atoms with Gasteiger partial charge in [0.25, 0.3) is 5.91 Å². The van der Waals surface area contributed by atoms with Crippen molar-refractivity contribution in [3.05, 3.63) is 46.5 Å². The van der Waals surface area contributed by atoms with Crippen LogP contribution in [-0.2, 0) is 0 Å². The fourth-order valence-corrected chi connectivity index (χ4v) is 5.72. The lowest BCUT2D eigenvalue weighted by molar-refractivity contribution is 0.0869. The van der Waals surface area contributed by atoms with Crippen LogP contribution in [0.2, 0.25) is 0 Å². The topological polar surface area (TPSA) is 59.3 Å². The number of benzene rings is 1. The van der Waals surface area contributed by atoms with E-state index in [4.69, 9.17) is 4.42 Å². The van der Waals surface area contributed by atoms with Gasteiger partial charge >= 0.3 is 5.63 Å². The lowest BCUT2D eigenvalue weighted by Crippen LogP contribution is -2.42. The Morgan fingerprint density at radius 1 is 1.08 bits per heavy atom. The molecule has 3 fully saturated rings. The van der Waals surface area contributed by atoms with E-state index in [1.165, 1.54) is 25.7 Å². The van der Waals surface area contributed by atoms with Crippen molar-refractivity contribution >= 4 is 16.7 Å². The Morgan fingerprint density at radius 3 is 2.83 bits per heavy atom. The first-order valence-electron chi connectivity index (χ1n) is 9.04. The molecule has 3 aliphatic rings. The van der Waals surface area contributed by atoms with E-state index >= 15 is 0 Å². The molecular weight excluding hydrogens is 302 g/mol. The van der Waals surface area contributed by atoms with Crippen LogP contribution in [0.4, 0.5) is 0 Å². The Kier molecular flexibility index (Phi) is 3.09. The van der Waals surface area contributed by atoms with E-state index in [9.17, 15) is 9.59 Å². The Labute approximate surface area is 140 Å². The van der Waals surface area contributed by atoms with Crippen LogP contribution in [-0.4, -0.2) is 11.9 Å². The molecule has 1 aromatic heterocycles. The number of fused-ring (bicyclic) bond motifs is 6. The van der Waals surface area contributed by atoms with Gasteiger partial charge in [-0.1, -0.05) is 24.6 Å². The number of nitrogens with one attached hydrogen (secondary N) is 1. The standard InChI is InChI=1S/C20H21NO3/c22-19(18-10-11-4-1-2-5-14(11)20(23)24-18)21-17-9-12-8-16(17)15-7-3-6-13(12)15/h1-2,4-5,10,12-13,15-17H,3,6-9H2,(H,21,22)/t12-,13-,15-,16+,17-/m1/s1. The molecule has 0 unspecified atom stereocenters. The average Bonchev–Trinajstić information content (AvgIpc) is 3.27. The van der Waals surface area contributed by atoms with Crippen LogP contribution < -0.4 is 10.9 Å². The first kappa shape index (κ1) is 14.3. The molecule has 3 saturated carbocycles. The smallest absolute Gasteiger partial charge is 0.344 e. The molecule has 4 heteroatoms. The summed E-state index contributed by atoms with van der Waals surface area (Å²) >= 11 is 0. The number of carbonyl (C=O) groups excluding carboxylic acids is 1. The monoisotopic (exact) mass is 323 g/mol. The summed E-state index contributed by atoms with van der Waals surface area (Å²) in [7, 11) is 0. The van der Waals surface area contributed by atoms with Gasteiger partial charge in [-0.3, -0.25) is 4.79 Å². The molecule has 0 spiro atoms. The summed E-state index contributed by atoms with van der Waals surface area (Å²) in [5.41, 5.74) is -0.443. The van der Waals surface area contributed by atoms with Crippen LogP contribution in [0.25, 0.3) is 10.8 Å². The van der Waals surface area contributed by atoms with E-state index in [1.807, 2.05) is 12.1 Å². The first-order valence-corrected chi connectivity index (χ1v) is 9.04. The molecule has 5 rings (SSSR count). The highest BCUT2D eigenvalue weighted by molar-refractivity contribution is 5.95. The molecule has 3 aliphatic carbocycles. The van der Waals surface area contributed by atoms with Crippen LogP contribution in [0.15, 0.2) is 39.5 Å². The second kappa shape index (κ2) is 5.20. The third-order valence-electron chi connectivity index (χ3n) is 6.64. The predicted octanol–water partition coefficient (Wildman–Crippen LogP) is 3.35. The van der Waals surface area contributed by atoms with Gasteiger partial charge in [0, 0.05) is 6.04 Å². The summed E-state index contributed by atoms with van der Waals surface area (Å²) < 4.78 is 5.26. The first-order chi connectivity index (χ1) is 11.7. The molecule has 2 aromatic rings. The van der Waals surface area contributed by atoms with Crippen molar-refractivity contribution in [2.24, 2.45) is 23.7 Å². The molecular formula is C20H21NO3. The summed E-state index contributed by atoms with van der Waals surface area (Å²) in [6.45, 7) is 0. The van der Waals surface area contributed by atoms with Gasteiger partial charge in [0.05, 0.1) is 5.39 Å². The molecule has 24 heavy (non-hydrogen) atoms. The average molecular weight is 323 g/mol. The number of rotatable bonds is 2. The summed E-state index contributed by atoms with van der Waals surface area (Å²) in [6.07, 6.45) is 6.41. The summed E-state index contributed by atoms with van der Waals surface area (Å²) in [4.78, 5) is 24.7.